The van der Waals surface area contributed by atoms with Crippen molar-refractivity contribution in [2.45, 2.75) is 24.4 Å². The van der Waals surface area contributed by atoms with E-state index in [1.165, 1.54) is 4.90 Å². The van der Waals surface area contributed by atoms with Gasteiger partial charge in [0.2, 0.25) is 11.8 Å². The highest BCUT2D eigenvalue weighted by Gasteiger charge is 2.69. The van der Waals surface area contributed by atoms with E-state index in [2.05, 4.69) is 12.1 Å². The van der Waals surface area contributed by atoms with E-state index in [4.69, 9.17) is 0 Å². The second kappa shape index (κ2) is 6.64. The molecule has 0 radical (unpaired) electrons. The zero-order valence-corrected chi connectivity index (χ0v) is 18.7. The van der Waals surface area contributed by atoms with Gasteiger partial charge in [0.15, 0.2) is 0 Å². The Morgan fingerprint density at radius 1 is 0.765 bits per heavy atom. The normalized spacial score (nSPS) is 27.5. The van der Waals surface area contributed by atoms with Crippen LogP contribution < -0.4 is 4.90 Å². The van der Waals surface area contributed by atoms with Crippen LogP contribution in [0.4, 0.5) is 5.69 Å². The zero-order chi connectivity index (χ0) is 23.2. The smallest absolute Gasteiger partial charge is 0.239 e. The van der Waals surface area contributed by atoms with E-state index in [0.29, 0.717) is 5.69 Å². The minimum atomic E-state index is -0.974. The van der Waals surface area contributed by atoms with Crippen LogP contribution in [0, 0.1) is 11.8 Å². The van der Waals surface area contributed by atoms with Crippen molar-refractivity contribution in [1.82, 2.24) is 0 Å². The van der Waals surface area contributed by atoms with E-state index in [1.54, 1.807) is 6.92 Å². The number of benzene rings is 4. The molecule has 0 spiro atoms. The molecule has 2 bridgehead atoms. The summed E-state index contributed by atoms with van der Waals surface area (Å²) in [5.41, 5.74) is 3.68. The molecule has 0 saturated carbocycles. The van der Waals surface area contributed by atoms with Crippen molar-refractivity contribution < 1.29 is 14.7 Å². The number of amides is 2. The first-order valence-electron chi connectivity index (χ1n) is 11.8. The van der Waals surface area contributed by atoms with E-state index in [9.17, 15) is 14.7 Å². The first kappa shape index (κ1) is 19.7. The summed E-state index contributed by atoms with van der Waals surface area (Å²) >= 11 is 0. The number of anilines is 1. The number of aliphatic hydroxyl groups is 1. The molecule has 1 fully saturated rings. The summed E-state index contributed by atoms with van der Waals surface area (Å²) in [7, 11) is 0. The van der Waals surface area contributed by atoms with Gasteiger partial charge in [-0.05, 0) is 40.6 Å². The molecule has 2 amide bonds. The summed E-state index contributed by atoms with van der Waals surface area (Å²) in [6, 6.07) is 29.6. The molecule has 166 valence electrons. The standard InChI is InChI=1S/C30H23NO3/c1-17(32)30-22-14-6-4-12-20(22)25(21-13-5-7-15-23(21)30)26-27(30)29(34)31(28(26)33)24-16-8-10-18-9-2-3-11-19(18)24/h2-17,25-27,32H,1H3/t17-,25?,26-,27-,30?/m0/s1. The maximum absolute atomic E-state index is 14.3. The van der Waals surface area contributed by atoms with Gasteiger partial charge in [-0.15, -0.1) is 0 Å². The van der Waals surface area contributed by atoms with Gasteiger partial charge in [0, 0.05) is 11.3 Å². The zero-order valence-electron chi connectivity index (χ0n) is 18.7. The molecule has 4 nitrogen and oxygen atoms in total. The van der Waals surface area contributed by atoms with Crippen LogP contribution in [-0.4, -0.2) is 23.0 Å². The third kappa shape index (κ3) is 2.13. The van der Waals surface area contributed by atoms with Gasteiger partial charge < -0.3 is 5.11 Å². The number of hydrogen-bond donors (Lipinski definition) is 1. The Kier molecular flexibility index (Phi) is 3.85. The lowest BCUT2D eigenvalue weighted by Gasteiger charge is -2.55. The lowest BCUT2D eigenvalue weighted by Crippen LogP contribution is -2.58. The monoisotopic (exact) mass is 445 g/mol. The molecule has 4 aliphatic rings. The van der Waals surface area contributed by atoms with Crippen molar-refractivity contribution in [3.8, 4) is 0 Å². The van der Waals surface area contributed by atoms with Crippen molar-refractivity contribution >= 4 is 28.3 Å². The van der Waals surface area contributed by atoms with Gasteiger partial charge >= 0.3 is 0 Å². The quantitative estimate of drug-likeness (QED) is 0.452. The SMILES string of the molecule is C[C@H](O)C12c3ccccc3C(c3ccccc31)[C@@H]1C(=O)N(c3cccc4ccccc34)C(=O)[C@H]12. The van der Waals surface area contributed by atoms with Crippen LogP contribution in [0.15, 0.2) is 91.0 Å². The molecule has 1 heterocycles. The van der Waals surface area contributed by atoms with Gasteiger partial charge in [0.1, 0.15) is 0 Å². The van der Waals surface area contributed by atoms with E-state index in [1.807, 2.05) is 78.9 Å². The summed E-state index contributed by atoms with van der Waals surface area (Å²) < 4.78 is 0. The van der Waals surface area contributed by atoms with Crippen LogP contribution in [0.2, 0.25) is 0 Å². The predicted molar refractivity (Wildman–Crippen MR) is 131 cm³/mol. The molecule has 1 saturated heterocycles. The third-order valence-corrected chi connectivity index (χ3v) is 8.35. The number of aliphatic hydroxyl groups excluding tert-OH is 1. The van der Waals surface area contributed by atoms with Crippen molar-refractivity contribution in [2.24, 2.45) is 11.8 Å². The summed E-state index contributed by atoms with van der Waals surface area (Å²) in [6.45, 7) is 1.76. The lowest BCUT2D eigenvalue weighted by molar-refractivity contribution is -0.126. The number of nitrogens with zero attached hydrogens (tertiary/aromatic N) is 1. The first-order chi connectivity index (χ1) is 16.6. The Morgan fingerprint density at radius 2 is 1.35 bits per heavy atom. The molecule has 3 atom stereocenters. The van der Waals surface area contributed by atoms with E-state index < -0.39 is 23.4 Å². The molecule has 3 aliphatic carbocycles. The Balaban J connectivity index is 1.53. The number of hydrogen-bond acceptors (Lipinski definition) is 3. The molecular formula is C30H23NO3. The average molecular weight is 446 g/mol. The van der Waals surface area contributed by atoms with E-state index in [-0.39, 0.29) is 17.7 Å². The van der Waals surface area contributed by atoms with Gasteiger partial charge in [-0.1, -0.05) is 84.9 Å². The molecule has 0 aromatic heterocycles. The second-order valence-corrected chi connectivity index (χ2v) is 9.71. The highest BCUT2D eigenvalue weighted by Crippen LogP contribution is 2.65. The number of carbonyl (C=O) groups excluding carboxylic acids is 2. The first-order valence-corrected chi connectivity index (χ1v) is 11.8. The second-order valence-electron chi connectivity index (χ2n) is 9.71. The number of rotatable bonds is 2. The molecular weight excluding hydrogens is 422 g/mol. The number of carbonyl (C=O) groups is 2. The molecule has 4 heteroatoms. The molecule has 4 aromatic carbocycles. The number of imide groups is 1. The summed E-state index contributed by atoms with van der Waals surface area (Å²) in [5, 5.41) is 13.3. The topological polar surface area (TPSA) is 57.6 Å². The Bertz CT molecular complexity index is 1470. The highest BCUT2D eigenvalue weighted by atomic mass is 16.3. The van der Waals surface area contributed by atoms with Crippen LogP contribution in [0.5, 0.6) is 0 Å². The van der Waals surface area contributed by atoms with E-state index >= 15 is 0 Å². The van der Waals surface area contributed by atoms with Crippen molar-refractivity contribution in [3.63, 3.8) is 0 Å². The molecule has 1 aliphatic heterocycles. The third-order valence-electron chi connectivity index (χ3n) is 8.35. The highest BCUT2D eigenvalue weighted by molar-refractivity contribution is 6.26. The van der Waals surface area contributed by atoms with Crippen molar-refractivity contribution in [2.75, 3.05) is 4.90 Å². The minimum Gasteiger partial charge on any atom is -0.392 e. The van der Waals surface area contributed by atoms with Crippen molar-refractivity contribution in [1.29, 1.82) is 0 Å². The van der Waals surface area contributed by atoms with Gasteiger partial charge in [-0.25, -0.2) is 4.90 Å². The molecule has 1 N–H and O–H groups in total. The molecule has 34 heavy (non-hydrogen) atoms. The molecule has 0 unspecified atom stereocenters. The summed E-state index contributed by atoms with van der Waals surface area (Å²) in [5.74, 6) is -1.82. The Labute approximate surface area is 197 Å². The Morgan fingerprint density at radius 3 is 2.03 bits per heavy atom. The van der Waals surface area contributed by atoms with Crippen LogP contribution >= 0.6 is 0 Å². The summed E-state index contributed by atoms with van der Waals surface area (Å²) in [6.07, 6.45) is -0.854. The van der Waals surface area contributed by atoms with Gasteiger partial charge in [0.05, 0.1) is 29.0 Å². The summed E-state index contributed by atoms with van der Waals surface area (Å²) in [4.78, 5) is 29.9. The fraction of sp³-hybridized carbons (Fsp3) is 0.200. The molecule has 4 aromatic rings. The fourth-order valence-corrected chi connectivity index (χ4v) is 7.18. The maximum Gasteiger partial charge on any atom is 0.239 e. The maximum atomic E-state index is 14.3. The van der Waals surface area contributed by atoms with Crippen LogP contribution in [0.25, 0.3) is 10.8 Å². The van der Waals surface area contributed by atoms with Crippen LogP contribution in [-0.2, 0) is 15.0 Å². The van der Waals surface area contributed by atoms with Crippen molar-refractivity contribution in [3.05, 3.63) is 113 Å². The largest absolute Gasteiger partial charge is 0.392 e. The predicted octanol–water partition coefficient (Wildman–Crippen LogP) is 4.77. The minimum absolute atomic E-state index is 0.176. The number of fused-ring (bicyclic) bond motifs is 1. The van der Waals surface area contributed by atoms with Gasteiger partial charge in [-0.3, -0.25) is 9.59 Å². The molecule has 8 rings (SSSR count). The average Bonchev–Trinajstić information content (AvgIpc) is 3.14. The Hall–Kier alpha value is -3.76. The van der Waals surface area contributed by atoms with Crippen LogP contribution in [0.3, 0.4) is 0 Å². The van der Waals surface area contributed by atoms with Gasteiger partial charge in [0.25, 0.3) is 0 Å². The van der Waals surface area contributed by atoms with Gasteiger partial charge in [-0.2, -0.15) is 0 Å². The fourth-order valence-electron chi connectivity index (χ4n) is 7.18. The van der Waals surface area contributed by atoms with Crippen LogP contribution in [0.1, 0.15) is 35.1 Å². The lowest BCUT2D eigenvalue weighted by atomic mass is 9.46. The van der Waals surface area contributed by atoms with E-state index in [0.717, 1.165) is 33.0 Å².